The van der Waals surface area contributed by atoms with Crippen molar-refractivity contribution < 1.29 is 4.79 Å². The molecule has 1 heterocycles. The minimum Gasteiger partial charge on any atom is -0.352 e. The maximum absolute atomic E-state index is 12.0. The molecule has 0 atom stereocenters. The fourth-order valence-corrected chi connectivity index (χ4v) is 2.25. The lowest BCUT2D eigenvalue weighted by Crippen LogP contribution is -2.23. The van der Waals surface area contributed by atoms with E-state index in [9.17, 15) is 4.79 Å². The number of rotatable bonds is 6. The first-order valence-corrected chi connectivity index (χ1v) is 7.13. The second kappa shape index (κ2) is 6.89. The minimum absolute atomic E-state index is 0.0322. The van der Waals surface area contributed by atoms with Crippen molar-refractivity contribution in [2.75, 3.05) is 6.54 Å². The van der Waals surface area contributed by atoms with Gasteiger partial charge in [-0.1, -0.05) is 43.7 Å². The van der Waals surface area contributed by atoms with Gasteiger partial charge in [0, 0.05) is 6.54 Å². The van der Waals surface area contributed by atoms with Gasteiger partial charge in [0.1, 0.15) is 0 Å². The highest BCUT2D eigenvalue weighted by atomic mass is 16.1. The standard InChI is InChI=1S/C16H21N3O/c1-3-8-15-14(16(20)17-4-2)11-18-19(15)12-13-9-6-5-7-10-13/h5-7,9-11H,3-4,8,12H2,1-2H3,(H,17,20). The molecular weight excluding hydrogens is 250 g/mol. The molecule has 0 aliphatic rings. The number of amides is 1. The predicted octanol–water partition coefficient (Wildman–Crippen LogP) is 2.63. The van der Waals surface area contributed by atoms with Gasteiger partial charge in [-0.3, -0.25) is 9.48 Å². The molecule has 1 amide bonds. The number of carbonyl (C=O) groups excluding carboxylic acids is 1. The van der Waals surface area contributed by atoms with E-state index < -0.39 is 0 Å². The van der Waals surface area contributed by atoms with Crippen molar-refractivity contribution in [2.24, 2.45) is 0 Å². The molecule has 0 unspecified atom stereocenters. The molecule has 4 nitrogen and oxygen atoms in total. The Labute approximate surface area is 119 Å². The first kappa shape index (κ1) is 14.3. The lowest BCUT2D eigenvalue weighted by Gasteiger charge is -2.09. The molecular formula is C16H21N3O. The third-order valence-corrected chi connectivity index (χ3v) is 3.19. The summed E-state index contributed by atoms with van der Waals surface area (Å²) in [5.41, 5.74) is 2.90. The molecule has 0 aliphatic carbocycles. The van der Waals surface area contributed by atoms with Gasteiger partial charge in [0.25, 0.3) is 5.91 Å². The predicted molar refractivity (Wildman–Crippen MR) is 79.8 cm³/mol. The summed E-state index contributed by atoms with van der Waals surface area (Å²) in [6.07, 6.45) is 3.53. The second-order valence-corrected chi connectivity index (χ2v) is 4.76. The lowest BCUT2D eigenvalue weighted by atomic mass is 10.1. The molecule has 0 saturated carbocycles. The monoisotopic (exact) mass is 271 g/mol. The molecule has 20 heavy (non-hydrogen) atoms. The van der Waals surface area contributed by atoms with Gasteiger partial charge in [-0.15, -0.1) is 0 Å². The average molecular weight is 271 g/mol. The Hall–Kier alpha value is -2.10. The first-order chi connectivity index (χ1) is 9.76. The zero-order valence-corrected chi connectivity index (χ0v) is 12.1. The Balaban J connectivity index is 2.27. The van der Waals surface area contributed by atoms with Crippen LogP contribution in [0.5, 0.6) is 0 Å². The van der Waals surface area contributed by atoms with E-state index in [1.165, 1.54) is 5.56 Å². The van der Waals surface area contributed by atoms with Gasteiger partial charge in [-0.05, 0) is 18.9 Å². The maximum atomic E-state index is 12.0. The minimum atomic E-state index is -0.0322. The molecule has 106 valence electrons. The van der Waals surface area contributed by atoms with Crippen molar-refractivity contribution in [3.05, 3.63) is 53.3 Å². The molecule has 0 spiro atoms. The van der Waals surface area contributed by atoms with Crippen LogP contribution in [0.15, 0.2) is 36.5 Å². The Morgan fingerprint density at radius 2 is 2.00 bits per heavy atom. The average Bonchev–Trinajstić information content (AvgIpc) is 2.84. The van der Waals surface area contributed by atoms with Crippen molar-refractivity contribution in [3.63, 3.8) is 0 Å². The fourth-order valence-electron chi connectivity index (χ4n) is 2.25. The second-order valence-electron chi connectivity index (χ2n) is 4.76. The smallest absolute Gasteiger partial charge is 0.254 e. The lowest BCUT2D eigenvalue weighted by molar-refractivity contribution is 0.0954. The topological polar surface area (TPSA) is 46.9 Å². The van der Waals surface area contributed by atoms with E-state index in [0.29, 0.717) is 18.7 Å². The van der Waals surface area contributed by atoms with Crippen molar-refractivity contribution in [2.45, 2.75) is 33.2 Å². The van der Waals surface area contributed by atoms with E-state index in [4.69, 9.17) is 0 Å². The van der Waals surface area contributed by atoms with Crippen LogP contribution < -0.4 is 5.32 Å². The molecule has 1 aromatic carbocycles. The normalized spacial score (nSPS) is 10.5. The van der Waals surface area contributed by atoms with E-state index in [1.54, 1.807) is 6.20 Å². The van der Waals surface area contributed by atoms with Gasteiger partial charge in [0.15, 0.2) is 0 Å². The number of hydrogen-bond donors (Lipinski definition) is 1. The Morgan fingerprint density at radius 3 is 2.65 bits per heavy atom. The van der Waals surface area contributed by atoms with E-state index in [1.807, 2.05) is 29.8 Å². The number of benzene rings is 1. The quantitative estimate of drug-likeness (QED) is 0.878. The molecule has 1 aromatic heterocycles. The van der Waals surface area contributed by atoms with Gasteiger partial charge < -0.3 is 5.32 Å². The van der Waals surface area contributed by atoms with Crippen LogP contribution in [-0.2, 0) is 13.0 Å². The van der Waals surface area contributed by atoms with E-state index >= 15 is 0 Å². The summed E-state index contributed by atoms with van der Waals surface area (Å²) in [4.78, 5) is 12.0. The highest BCUT2D eigenvalue weighted by Gasteiger charge is 2.16. The molecule has 2 aromatic rings. The highest BCUT2D eigenvalue weighted by molar-refractivity contribution is 5.95. The molecule has 0 fully saturated rings. The van der Waals surface area contributed by atoms with Crippen LogP contribution in [0.2, 0.25) is 0 Å². The number of nitrogens with one attached hydrogen (secondary N) is 1. The molecule has 0 radical (unpaired) electrons. The van der Waals surface area contributed by atoms with Gasteiger partial charge in [-0.2, -0.15) is 5.10 Å². The van der Waals surface area contributed by atoms with Crippen LogP contribution in [0.1, 0.15) is 41.9 Å². The largest absolute Gasteiger partial charge is 0.352 e. The fraction of sp³-hybridized carbons (Fsp3) is 0.375. The Bertz CT molecular complexity index is 560. The van der Waals surface area contributed by atoms with Crippen LogP contribution >= 0.6 is 0 Å². The van der Waals surface area contributed by atoms with Crippen molar-refractivity contribution >= 4 is 5.91 Å². The van der Waals surface area contributed by atoms with E-state index in [0.717, 1.165) is 18.5 Å². The number of hydrogen-bond acceptors (Lipinski definition) is 2. The van der Waals surface area contributed by atoms with E-state index in [2.05, 4.69) is 29.5 Å². The molecule has 1 N–H and O–H groups in total. The SMILES string of the molecule is CCCc1c(C(=O)NCC)cnn1Cc1ccccc1. The zero-order chi connectivity index (χ0) is 14.4. The summed E-state index contributed by atoms with van der Waals surface area (Å²) in [6, 6.07) is 10.2. The van der Waals surface area contributed by atoms with Crippen LogP contribution in [0, 0.1) is 0 Å². The highest BCUT2D eigenvalue weighted by Crippen LogP contribution is 2.13. The summed E-state index contributed by atoms with van der Waals surface area (Å²) in [5, 5.41) is 7.23. The van der Waals surface area contributed by atoms with Gasteiger partial charge in [0.2, 0.25) is 0 Å². The van der Waals surface area contributed by atoms with Crippen molar-refractivity contribution in [3.8, 4) is 0 Å². The maximum Gasteiger partial charge on any atom is 0.254 e. The summed E-state index contributed by atoms with van der Waals surface area (Å²) in [6.45, 7) is 5.37. The summed E-state index contributed by atoms with van der Waals surface area (Å²) in [5.74, 6) is -0.0322. The molecule has 0 bridgehead atoms. The van der Waals surface area contributed by atoms with Crippen molar-refractivity contribution in [1.82, 2.24) is 15.1 Å². The molecule has 2 rings (SSSR count). The summed E-state index contributed by atoms with van der Waals surface area (Å²) < 4.78 is 1.93. The third-order valence-electron chi connectivity index (χ3n) is 3.19. The molecule has 0 saturated heterocycles. The van der Waals surface area contributed by atoms with E-state index in [-0.39, 0.29) is 5.91 Å². The van der Waals surface area contributed by atoms with Gasteiger partial charge in [-0.25, -0.2) is 0 Å². The van der Waals surface area contributed by atoms with Crippen LogP contribution in [0.3, 0.4) is 0 Å². The van der Waals surface area contributed by atoms with Crippen LogP contribution in [0.4, 0.5) is 0 Å². The first-order valence-electron chi connectivity index (χ1n) is 7.13. The number of aromatic nitrogens is 2. The number of nitrogens with zero attached hydrogens (tertiary/aromatic N) is 2. The molecule has 4 heteroatoms. The third kappa shape index (κ3) is 3.26. The number of carbonyl (C=O) groups is 1. The van der Waals surface area contributed by atoms with Crippen LogP contribution in [-0.4, -0.2) is 22.2 Å². The molecule has 0 aliphatic heterocycles. The van der Waals surface area contributed by atoms with Gasteiger partial charge >= 0.3 is 0 Å². The van der Waals surface area contributed by atoms with Gasteiger partial charge in [0.05, 0.1) is 24.0 Å². The summed E-state index contributed by atoms with van der Waals surface area (Å²) >= 11 is 0. The summed E-state index contributed by atoms with van der Waals surface area (Å²) in [7, 11) is 0. The Kier molecular flexibility index (Phi) is 4.93. The van der Waals surface area contributed by atoms with Crippen LogP contribution in [0.25, 0.3) is 0 Å². The zero-order valence-electron chi connectivity index (χ0n) is 12.1. The van der Waals surface area contributed by atoms with Crippen molar-refractivity contribution in [1.29, 1.82) is 0 Å². The Morgan fingerprint density at radius 1 is 1.25 bits per heavy atom.